The van der Waals surface area contributed by atoms with Gasteiger partial charge in [0.05, 0.1) is 6.61 Å². The quantitative estimate of drug-likeness (QED) is 0.158. The molecule has 1 fully saturated rings. The average Bonchev–Trinajstić information content (AvgIpc) is 3.52. The summed E-state index contributed by atoms with van der Waals surface area (Å²) in [7, 11) is 0. The molecular weight excluding hydrogens is 368 g/mol. The largest absolute Gasteiger partial charge is 0.463 e. The number of unbranched alkanes of at least 4 members (excludes halogenated alkanes) is 10. The van der Waals surface area contributed by atoms with Gasteiger partial charge in [0, 0.05) is 11.1 Å². The zero-order valence-corrected chi connectivity index (χ0v) is 18.1. The summed E-state index contributed by atoms with van der Waals surface area (Å²) in [5.74, 6) is 0.835. The van der Waals surface area contributed by atoms with Gasteiger partial charge < -0.3 is 4.74 Å². The van der Waals surface area contributed by atoms with Crippen molar-refractivity contribution >= 4 is 23.6 Å². The smallest absolute Gasteiger partial charge is 0.330 e. The van der Waals surface area contributed by atoms with Gasteiger partial charge in [0.25, 0.3) is 0 Å². The van der Waals surface area contributed by atoms with E-state index in [1.165, 1.54) is 83.1 Å². The molecular formula is C25H37ClO2. The van der Waals surface area contributed by atoms with Gasteiger partial charge in [0.1, 0.15) is 0 Å². The number of benzene rings is 1. The van der Waals surface area contributed by atoms with Crippen LogP contribution in [0.2, 0.25) is 5.02 Å². The number of hydrogen-bond donors (Lipinski definition) is 0. The van der Waals surface area contributed by atoms with Gasteiger partial charge in [-0.1, -0.05) is 107 Å². The highest BCUT2D eigenvalue weighted by molar-refractivity contribution is 6.30. The normalized spacial score (nSPS) is 13.9. The van der Waals surface area contributed by atoms with Crippen LogP contribution < -0.4 is 0 Å². The molecule has 1 aliphatic carbocycles. The highest BCUT2D eigenvalue weighted by atomic mass is 35.5. The fourth-order valence-electron chi connectivity index (χ4n) is 3.49. The summed E-state index contributed by atoms with van der Waals surface area (Å²) in [6.45, 7) is 0.519. The van der Waals surface area contributed by atoms with Gasteiger partial charge in [0.2, 0.25) is 0 Å². The van der Waals surface area contributed by atoms with Crippen LogP contribution in [0.25, 0.3) is 6.08 Å². The lowest BCUT2D eigenvalue weighted by Gasteiger charge is -2.04. The topological polar surface area (TPSA) is 26.3 Å². The average molecular weight is 405 g/mol. The van der Waals surface area contributed by atoms with Crippen molar-refractivity contribution in [2.45, 2.75) is 89.9 Å². The molecule has 0 bridgehead atoms. The SMILES string of the molecule is O=C(C=Cc1ccc(Cl)cc1)OCCCCCCCCCCCCCC1CC1. The van der Waals surface area contributed by atoms with Crippen molar-refractivity contribution in [3.05, 3.63) is 40.9 Å². The van der Waals surface area contributed by atoms with Crippen molar-refractivity contribution in [2.75, 3.05) is 6.61 Å². The van der Waals surface area contributed by atoms with Crippen molar-refractivity contribution < 1.29 is 9.53 Å². The zero-order valence-electron chi connectivity index (χ0n) is 17.3. The molecule has 0 spiro atoms. The van der Waals surface area contributed by atoms with Gasteiger partial charge >= 0.3 is 5.97 Å². The molecule has 0 saturated heterocycles. The monoisotopic (exact) mass is 404 g/mol. The fourth-order valence-corrected chi connectivity index (χ4v) is 3.62. The number of carbonyl (C=O) groups is 1. The Labute approximate surface area is 176 Å². The second-order valence-electron chi connectivity index (χ2n) is 8.17. The van der Waals surface area contributed by atoms with Crippen molar-refractivity contribution in [1.29, 1.82) is 0 Å². The summed E-state index contributed by atoms with van der Waals surface area (Å²) in [6, 6.07) is 7.37. The lowest BCUT2D eigenvalue weighted by atomic mass is 10.0. The molecule has 0 radical (unpaired) electrons. The van der Waals surface area contributed by atoms with Crippen LogP contribution in [0.5, 0.6) is 0 Å². The van der Waals surface area contributed by atoms with E-state index >= 15 is 0 Å². The van der Waals surface area contributed by atoms with E-state index in [1.807, 2.05) is 24.3 Å². The first-order valence-corrected chi connectivity index (χ1v) is 11.7. The van der Waals surface area contributed by atoms with Gasteiger partial charge in [-0.15, -0.1) is 0 Å². The first kappa shape index (κ1) is 23.0. The molecule has 156 valence electrons. The highest BCUT2D eigenvalue weighted by Gasteiger charge is 2.19. The van der Waals surface area contributed by atoms with Gasteiger partial charge in [-0.05, 0) is 36.1 Å². The van der Waals surface area contributed by atoms with Gasteiger partial charge in [-0.3, -0.25) is 0 Å². The summed E-state index contributed by atoms with van der Waals surface area (Å²) in [5.41, 5.74) is 0.944. The molecule has 3 heteroatoms. The van der Waals surface area contributed by atoms with Crippen LogP contribution in [-0.2, 0) is 9.53 Å². The molecule has 28 heavy (non-hydrogen) atoms. The standard InChI is InChI=1S/C25H37ClO2/c26-24-18-15-23(16-19-24)17-20-25(27)28-21-11-9-7-5-3-1-2-4-6-8-10-12-22-13-14-22/h15-20,22H,1-14,21H2. The predicted molar refractivity (Wildman–Crippen MR) is 120 cm³/mol. The molecule has 1 saturated carbocycles. The van der Waals surface area contributed by atoms with Gasteiger partial charge in [-0.2, -0.15) is 0 Å². The number of esters is 1. The van der Waals surface area contributed by atoms with Gasteiger partial charge in [-0.25, -0.2) is 4.79 Å². The van der Waals surface area contributed by atoms with Crippen molar-refractivity contribution in [3.63, 3.8) is 0 Å². The van der Waals surface area contributed by atoms with Crippen LogP contribution in [0.1, 0.15) is 95.5 Å². The van der Waals surface area contributed by atoms with E-state index in [9.17, 15) is 4.79 Å². The highest BCUT2D eigenvalue weighted by Crippen LogP contribution is 2.34. The van der Waals surface area contributed by atoms with Crippen LogP contribution in [0.4, 0.5) is 0 Å². The van der Waals surface area contributed by atoms with E-state index in [4.69, 9.17) is 16.3 Å². The Hall–Kier alpha value is -1.28. The van der Waals surface area contributed by atoms with Crippen molar-refractivity contribution in [3.8, 4) is 0 Å². The maximum absolute atomic E-state index is 11.7. The van der Waals surface area contributed by atoms with Crippen LogP contribution in [0, 0.1) is 5.92 Å². The molecule has 0 N–H and O–H groups in total. The molecule has 2 rings (SSSR count). The van der Waals surface area contributed by atoms with E-state index in [1.54, 1.807) is 6.08 Å². The third-order valence-corrected chi connectivity index (χ3v) is 5.73. The molecule has 0 unspecified atom stereocenters. The molecule has 0 heterocycles. The predicted octanol–water partition coefficient (Wildman–Crippen LogP) is 7.99. The first-order valence-electron chi connectivity index (χ1n) is 11.3. The number of rotatable bonds is 16. The number of ether oxygens (including phenoxy) is 1. The Balaban J connectivity index is 1.31. The summed E-state index contributed by atoms with van der Waals surface area (Å²) < 4.78 is 5.25. The van der Waals surface area contributed by atoms with Crippen LogP contribution in [0.3, 0.4) is 0 Å². The maximum Gasteiger partial charge on any atom is 0.330 e. The van der Waals surface area contributed by atoms with E-state index < -0.39 is 0 Å². The second-order valence-corrected chi connectivity index (χ2v) is 8.61. The molecule has 0 amide bonds. The summed E-state index contributed by atoms with van der Waals surface area (Å²) in [5, 5.41) is 0.693. The third kappa shape index (κ3) is 12.2. The minimum Gasteiger partial charge on any atom is -0.463 e. The van der Waals surface area contributed by atoms with Crippen molar-refractivity contribution in [2.24, 2.45) is 5.92 Å². The molecule has 1 aliphatic rings. The third-order valence-electron chi connectivity index (χ3n) is 5.48. The van der Waals surface area contributed by atoms with Crippen molar-refractivity contribution in [1.82, 2.24) is 0 Å². The lowest BCUT2D eigenvalue weighted by Crippen LogP contribution is -2.02. The van der Waals surface area contributed by atoms with Crippen LogP contribution in [-0.4, -0.2) is 12.6 Å². The van der Waals surface area contributed by atoms with E-state index in [0.29, 0.717) is 11.6 Å². The molecule has 1 aromatic rings. The minimum atomic E-state index is -0.271. The summed E-state index contributed by atoms with van der Waals surface area (Å²) in [6.07, 6.45) is 22.3. The Morgan fingerprint density at radius 1 is 0.857 bits per heavy atom. The van der Waals surface area contributed by atoms with Gasteiger partial charge in [0.15, 0.2) is 0 Å². The Morgan fingerprint density at radius 2 is 1.39 bits per heavy atom. The number of carbonyl (C=O) groups excluding carboxylic acids is 1. The maximum atomic E-state index is 11.7. The molecule has 1 aromatic carbocycles. The Kier molecular flexibility index (Phi) is 12.1. The zero-order chi connectivity index (χ0) is 19.9. The molecule has 0 atom stereocenters. The summed E-state index contributed by atoms with van der Waals surface area (Å²) >= 11 is 5.84. The molecule has 0 aliphatic heterocycles. The van der Waals surface area contributed by atoms with E-state index in [0.717, 1.165) is 24.3 Å². The Morgan fingerprint density at radius 3 is 1.96 bits per heavy atom. The Bertz CT molecular complexity index is 560. The van der Waals surface area contributed by atoms with Crippen LogP contribution in [0.15, 0.2) is 30.3 Å². The molecule has 2 nitrogen and oxygen atoms in total. The van der Waals surface area contributed by atoms with E-state index in [-0.39, 0.29) is 5.97 Å². The summed E-state index contributed by atoms with van der Waals surface area (Å²) in [4.78, 5) is 11.7. The minimum absolute atomic E-state index is 0.271. The number of halogens is 1. The first-order chi connectivity index (χ1) is 13.7. The lowest BCUT2D eigenvalue weighted by molar-refractivity contribution is -0.137. The second kappa shape index (κ2) is 14.7. The fraction of sp³-hybridized carbons (Fsp3) is 0.640. The van der Waals surface area contributed by atoms with E-state index in [2.05, 4.69) is 0 Å². The van der Waals surface area contributed by atoms with Crippen LogP contribution >= 0.6 is 11.6 Å². The number of hydrogen-bond acceptors (Lipinski definition) is 2. The molecule has 0 aromatic heterocycles.